The molecule has 1 aromatic carbocycles. The largest absolute Gasteiger partial charge is 0.384 e. The third-order valence-electron chi connectivity index (χ3n) is 6.09. The van der Waals surface area contributed by atoms with Crippen LogP contribution in [0.4, 0.5) is 0 Å². The van der Waals surface area contributed by atoms with Gasteiger partial charge in [0.15, 0.2) is 0 Å². The minimum atomic E-state index is -0.980. The molecule has 3 saturated heterocycles. The van der Waals surface area contributed by atoms with Gasteiger partial charge in [0.2, 0.25) is 5.91 Å². The summed E-state index contributed by atoms with van der Waals surface area (Å²) in [4.78, 5) is 15.2. The van der Waals surface area contributed by atoms with Crippen molar-refractivity contribution >= 4 is 5.91 Å². The number of nitrogens with zero attached hydrogens (tertiary/aromatic N) is 4. The normalized spacial score (nSPS) is 27.0. The van der Waals surface area contributed by atoms with Gasteiger partial charge in [-0.3, -0.25) is 14.4 Å². The maximum atomic E-state index is 12.7. The number of nitrogens with one attached hydrogen (secondary N) is 1. The van der Waals surface area contributed by atoms with Crippen molar-refractivity contribution < 1.29 is 9.90 Å². The molecular formula is C21H29N5O2. The maximum Gasteiger partial charge on any atom is 0.224 e. The van der Waals surface area contributed by atoms with Crippen molar-refractivity contribution in [1.29, 1.82) is 0 Å². The van der Waals surface area contributed by atoms with Gasteiger partial charge in [-0.25, -0.2) is 0 Å². The lowest BCUT2D eigenvalue weighted by Gasteiger charge is -2.49. The molecule has 1 unspecified atom stereocenters. The molecule has 3 aliphatic rings. The highest BCUT2D eigenvalue weighted by Crippen LogP contribution is 2.37. The molecule has 0 spiro atoms. The van der Waals surface area contributed by atoms with Crippen molar-refractivity contribution in [3.05, 3.63) is 47.8 Å². The smallest absolute Gasteiger partial charge is 0.224 e. The average molecular weight is 383 g/mol. The molecule has 2 aromatic rings. The van der Waals surface area contributed by atoms with Crippen LogP contribution in [0.25, 0.3) is 0 Å². The van der Waals surface area contributed by atoms with E-state index in [2.05, 4.69) is 20.5 Å². The topological polar surface area (TPSA) is 83.3 Å². The first-order valence-corrected chi connectivity index (χ1v) is 10.1. The average Bonchev–Trinajstić information content (AvgIpc) is 3.16. The zero-order chi connectivity index (χ0) is 19.7. The number of piperidine rings is 3. The van der Waals surface area contributed by atoms with Crippen molar-refractivity contribution in [3.8, 4) is 0 Å². The fraction of sp³-hybridized carbons (Fsp3) is 0.571. The van der Waals surface area contributed by atoms with Gasteiger partial charge in [-0.05, 0) is 44.7 Å². The van der Waals surface area contributed by atoms with E-state index >= 15 is 0 Å². The Labute approximate surface area is 165 Å². The number of rotatable bonds is 6. The molecule has 0 radical (unpaired) electrons. The van der Waals surface area contributed by atoms with Crippen molar-refractivity contribution in [1.82, 2.24) is 25.2 Å². The molecule has 7 nitrogen and oxygen atoms in total. The molecule has 0 aliphatic carbocycles. The van der Waals surface area contributed by atoms with E-state index in [9.17, 15) is 9.90 Å². The minimum Gasteiger partial charge on any atom is -0.384 e. The Balaban J connectivity index is 1.34. The van der Waals surface area contributed by atoms with E-state index in [-0.39, 0.29) is 11.8 Å². The molecule has 4 atom stereocenters. The third-order valence-corrected chi connectivity index (χ3v) is 6.09. The Kier molecular flexibility index (Phi) is 5.21. The number of fused-ring (bicyclic) bond motifs is 3. The molecule has 1 amide bonds. The summed E-state index contributed by atoms with van der Waals surface area (Å²) in [5, 5.41) is 21.5. The number of carbonyl (C=O) groups excluding carboxylic acids is 1. The molecule has 0 saturated carbocycles. The quantitative estimate of drug-likeness (QED) is 0.791. The first-order valence-electron chi connectivity index (χ1n) is 10.1. The van der Waals surface area contributed by atoms with Crippen LogP contribution in [0.15, 0.2) is 36.5 Å². The molecule has 4 heterocycles. The fourth-order valence-corrected chi connectivity index (χ4v) is 4.43. The number of amides is 1. The van der Waals surface area contributed by atoms with E-state index in [1.165, 1.54) is 0 Å². The Bertz CT molecular complexity index is 814. The summed E-state index contributed by atoms with van der Waals surface area (Å²) in [6.45, 7) is 6.61. The Hall–Kier alpha value is -2.25. The molecule has 28 heavy (non-hydrogen) atoms. The van der Waals surface area contributed by atoms with Gasteiger partial charge < -0.3 is 10.4 Å². The highest BCUT2D eigenvalue weighted by molar-refractivity contribution is 5.79. The van der Waals surface area contributed by atoms with Gasteiger partial charge >= 0.3 is 0 Å². The maximum absolute atomic E-state index is 12.7. The van der Waals surface area contributed by atoms with Gasteiger partial charge in [0.25, 0.3) is 0 Å². The molecule has 3 fully saturated rings. The lowest BCUT2D eigenvalue weighted by Crippen LogP contribution is -2.58. The van der Waals surface area contributed by atoms with Crippen LogP contribution in [0.2, 0.25) is 0 Å². The first-order chi connectivity index (χ1) is 13.4. The van der Waals surface area contributed by atoms with E-state index in [1.54, 1.807) is 13.8 Å². The third kappa shape index (κ3) is 4.10. The summed E-state index contributed by atoms with van der Waals surface area (Å²) in [5.41, 5.74) is 0.733. The van der Waals surface area contributed by atoms with Crippen LogP contribution in [0.5, 0.6) is 0 Å². The Morgan fingerprint density at radius 2 is 2.11 bits per heavy atom. The van der Waals surface area contributed by atoms with Crippen LogP contribution >= 0.6 is 0 Å². The summed E-state index contributed by atoms with van der Waals surface area (Å²) in [5.74, 6) is 0.654. The van der Waals surface area contributed by atoms with E-state index in [1.807, 2.05) is 41.2 Å². The molecule has 3 aliphatic heterocycles. The lowest BCUT2D eigenvalue weighted by atomic mass is 9.75. The van der Waals surface area contributed by atoms with Crippen LogP contribution in [0.1, 0.15) is 37.9 Å². The van der Waals surface area contributed by atoms with E-state index in [0.717, 1.165) is 38.0 Å². The van der Waals surface area contributed by atoms with E-state index in [0.29, 0.717) is 24.2 Å². The standard InChI is InChI=1S/C21H29N5O2/c1-21(2,28)19-14-26(24-23-19)12-17-10-16-8-9-25(17)13-18(16)20(27)22-11-15-6-4-3-5-7-15/h3-7,14,16-18,28H,8-13H2,1-2H3,(H,22,27)/t16-,17-,18+/m1/s1. The van der Waals surface area contributed by atoms with E-state index < -0.39 is 5.60 Å². The molecule has 1 aromatic heterocycles. The second-order valence-corrected chi connectivity index (χ2v) is 8.63. The second-order valence-electron chi connectivity index (χ2n) is 8.63. The van der Waals surface area contributed by atoms with E-state index in [4.69, 9.17) is 0 Å². The van der Waals surface area contributed by atoms with Crippen LogP contribution in [-0.2, 0) is 23.5 Å². The van der Waals surface area contributed by atoms with Crippen LogP contribution in [0, 0.1) is 11.8 Å². The zero-order valence-corrected chi connectivity index (χ0v) is 16.6. The molecule has 7 heteroatoms. The van der Waals surface area contributed by atoms with Gasteiger partial charge in [-0.2, -0.15) is 0 Å². The summed E-state index contributed by atoms with van der Waals surface area (Å²) in [6, 6.07) is 10.4. The number of carbonyl (C=O) groups is 1. The number of aliphatic hydroxyl groups is 1. The lowest BCUT2D eigenvalue weighted by molar-refractivity contribution is -0.133. The predicted molar refractivity (Wildman–Crippen MR) is 105 cm³/mol. The summed E-state index contributed by atoms with van der Waals surface area (Å²) >= 11 is 0. The van der Waals surface area contributed by atoms with Gasteiger partial charge in [-0.1, -0.05) is 35.5 Å². The summed E-state index contributed by atoms with van der Waals surface area (Å²) in [6.07, 6.45) is 3.90. The Morgan fingerprint density at radius 1 is 1.32 bits per heavy atom. The zero-order valence-electron chi connectivity index (χ0n) is 16.6. The van der Waals surface area contributed by atoms with Crippen LogP contribution in [-0.4, -0.2) is 50.0 Å². The van der Waals surface area contributed by atoms with Crippen molar-refractivity contribution in [2.24, 2.45) is 11.8 Å². The number of aromatic nitrogens is 3. The Morgan fingerprint density at radius 3 is 2.75 bits per heavy atom. The SMILES string of the molecule is CC(C)(O)c1cn(C[C@H]2C[C@H]3CCN2C[C@@H]3C(=O)NCc2ccccc2)nn1. The second kappa shape index (κ2) is 7.64. The summed E-state index contributed by atoms with van der Waals surface area (Å²) in [7, 11) is 0. The number of hydrogen-bond acceptors (Lipinski definition) is 5. The fourth-order valence-electron chi connectivity index (χ4n) is 4.43. The van der Waals surface area contributed by atoms with Crippen LogP contribution < -0.4 is 5.32 Å². The molecule has 5 rings (SSSR count). The van der Waals surface area contributed by atoms with Crippen molar-refractivity contribution in [3.63, 3.8) is 0 Å². The highest BCUT2D eigenvalue weighted by atomic mass is 16.3. The highest BCUT2D eigenvalue weighted by Gasteiger charge is 2.43. The predicted octanol–water partition coefficient (Wildman–Crippen LogP) is 1.53. The number of benzene rings is 1. The van der Waals surface area contributed by atoms with Gasteiger partial charge in [-0.15, -0.1) is 5.10 Å². The first kappa shape index (κ1) is 19.1. The van der Waals surface area contributed by atoms with Crippen molar-refractivity contribution in [2.45, 2.75) is 51.4 Å². The van der Waals surface area contributed by atoms with Gasteiger partial charge in [0, 0.05) is 19.1 Å². The number of hydrogen-bond donors (Lipinski definition) is 2. The van der Waals surface area contributed by atoms with Crippen LogP contribution in [0.3, 0.4) is 0 Å². The van der Waals surface area contributed by atoms with Crippen molar-refractivity contribution in [2.75, 3.05) is 13.1 Å². The summed E-state index contributed by atoms with van der Waals surface area (Å²) < 4.78 is 1.82. The molecule has 2 bridgehead atoms. The molecule has 2 N–H and O–H groups in total. The monoisotopic (exact) mass is 383 g/mol. The van der Waals surface area contributed by atoms with Gasteiger partial charge in [0.1, 0.15) is 11.3 Å². The molecule has 150 valence electrons. The minimum absolute atomic E-state index is 0.0661. The molecular weight excluding hydrogens is 354 g/mol. The van der Waals surface area contributed by atoms with Gasteiger partial charge in [0.05, 0.1) is 18.7 Å².